The Bertz CT molecular complexity index is 303. The number of halogens is 1. The molecule has 1 aromatic carbocycles. The van der Waals surface area contributed by atoms with Crippen LogP contribution in [0.25, 0.3) is 0 Å². The van der Waals surface area contributed by atoms with Crippen LogP contribution in [-0.4, -0.2) is 7.05 Å². The van der Waals surface area contributed by atoms with Gasteiger partial charge in [0.1, 0.15) is 0 Å². The Balaban J connectivity index is 2.97. The van der Waals surface area contributed by atoms with E-state index in [1.165, 1.54) is 5.56 Å². The highest BCUT2D eigenvalue weighted by Gasteiger charge is 2.27. The van der Waals surface area contributed by atoms with Crippen LogP contribution in [-0.2, 0) is 0 Å². The molecule has 0 aliphatic carbocycles. The van der Waals surface area contributed by atoms with E-state index in [4.69, 9.17) is 0 Å². The maximum Gasteiger partial charge on any atom is 0.0369 e. The highest BCUT2D eigenvalue weighted by Crippen LogP contribution is 2.36. The minimum atomic E-state index is 0.280. The van der Waals surface area contributed by atoms with E-state index >= 15 is 0 Å². The van der Waals surface area contributed by atoms with Crippen LogP contribution >= 0.6 is 15.9 Å². The van der Waals surface area contributed by atoms with Crippen LogP contribution in [0.1, 0.15) is 38.8 Å². The molecule has 0 aliphatic heterocycles. The Morgan fingerprint density at radius 1 is 1.27 bits per heavy atom. The standard InChI is InChI=1S/C13H20BrN/c1-5-13(2,3)12(15-4)10-6-8-11(14)9-7-10/h6-9,12,15H,5H2,1-4H3. The van der Waals surface area contributed by atoms with Crippen LogP contribution in [0.15, 0.2) is 28.7 Å². The predicted molar refractivity (Wildman–Crippen MR) is 70.0 cm³/mol. The number of benzene rings is 1. The number of hydrogen-bond acceptors (Lipinski definition) is 1. The second-order valence-electron chi connectivity index (χ2n) is 4.62. The molecular formula is C13H20BrN. The lowest BCUT2D eigenvalue weighted by molar-refractivity contribution is 0.245. The summed E-state index contributed by atoms with van der Waals surface area (Å²) in [6.07, 6.45) is 1.16. The molecule has 0 bridgehead atoms. The summed E-state index contributed by atoms with van der Waals surface area (Å²) in [5.41, 5.74) is 1.63. The summed E-state index contributed by atoms with van der Waals surface area (Å²) in [7, 11) is 2.03. The fourth-order valence-electron chi connectivity index (χ4n) is 1.87. The predicted octanol–water partition coefficient (Wildman–Crippen LogP) is 4.15. The lowest BCUT2D eigenvalue weighted by Gasteiger charge is -2.33. The van der Waals surface area contributed by atoms with Gasteiger partial charge in [0.15, 0.2) is 0 Å². The zero-order valence-electron chi connectivity index (χ0n) is 9.97. The van der Waals surface area contributed by atoms with Crippen LogP contribution in [0.3, 0.4) is 0 Å². The average Bonchev–Trinajstić information content (AvgIpc) is 2.22. The molecule has 1 unspecified atom stereocenters. The molecule has 0 aliphatic rings. The molecule has 0 saturated carbocycles. The highest BCUT2D eigenvalue weighted by molar-refractivity contribution is 9.10. The van der Waals surface area contributed by atoms with E-state index in [1.807, 2.05) is 7.05 Å². The molecule has 0 heterocycles. The van der Waals surface area contributed by atoms with Crippen molar-refractivity contribution in [3.63, 3.8) is 0 Å². The Labute approximate surface area is 101 Å². The minimum Gasteiger partial charge on any atom is -0.313 e. The normalized spacial score (nSPS) is 13.9. The van der Waals surface area contributed by atoms with Gasteiger partial charge in [-0.1, -0.05) is 48.8 Å². The van der Waals surface area contributed by atoms with E-state index in [1.54, 1.807) is 0 Å². The first-order chi connectivity index (χ1) is 7.01. The van der Waals surface area contributed by atoms with E-state index in [-0.39, 0.29) is 5.41 Å². The van der Waals surface area contributed by atoms with Gasteiger partial charge in [-0.3, -0.25) is 0 Å². The molecule has 1 nitrogen and oxygen atoms in total. The molecule has 1 atom stereocenters. The Morgan fingerprint density at radius 3 is 2.20 bits per heavy atom. The van der Waals surface area contributed by atoms with Crippen molar-refractivity contribution in [2.45, 2.75) is 33.2 Å². The molecule has 84 valence electrons. The minimum absolute atomic E-state index is 0.280. The van der Waals surface area contributed by atoms with Crippen molar-refractivity contribution in [2.75, 3.05) is 7.05 Å². The molecule has 2 heteroatoms. The third-order valence-electron chi connectivity index (χ3n) is 3.18. The molecule has 1 aromatic rings. The first-order valence-electron chi connectivity index (χ1n) is 5.44. The Morgan fingerprint density at radius 2 is 1.80 bits per heavy atom. The number of hydrogen-bond donors (Lipinski definition) is 1. The van der Waals surface area contributed by atoms with Crippen molar-refractivity contribution in [3.05, 3.63) is 34.3 Å². The zero-order chi connectivity index (χ0) is 11.5. The largest absolute Gasteiger partial charge is 0.313 e. The van der Waals surface area contributed by atoms with Gasteiger partial charge in [0.25, 0.3) is 0 Å². The maximum atomic E-state index is 3.46. The molecule has 15 heavy (non-hydrogen) atoms. The lowest BCUT2D eigenvalue weighted by atomic mass is 9.78. The smallest absolute Gasteiger partial charge is 0.0369 e. The van der Waals surface area contributed by atoms with Crippen molar-refractivity contribution in [3.8, 4) is 0 Å². The zero-order valence-corrected chi connectivity index (χ0v) is 11.6. The van der Waals surface area contributed by atoms with E-state index < -0.39 is 0 Å². The van der Waals surface area contributed by atoms with Gasteiger partial charge in [0.05, 0.1) is 0 Å². The molecule has 0 amide bonds. The molecule has 0 saturated heterocycles. The third kappa shape index (κ3) is 3.05. The van der Waals surface area contributed by atoms with Crippen molar-refractivity contribution in [1.82, 2.24) is 5.32 Å². The molecule has 1 N–H and O–H groups in total. The monoisotopic (exact) mass is 269 g/mol. The van der Waals surface area contributed by atoms with Crippen LogP contribution < -0.4 is 5.32 Å². The van der Waals surface area contributed by atoms with Gasteiger partial charge in [0, 0.05) is 10.5 Å². The van der Waals surface area contributed by atoms with Crippen LogP contribution in [0.2, 0.25) is 0 Å². The van der Waals surface area contributed by atoms with Gasteiger partial charge in [0.2, 0.25) is 0 Å². The van der Waals surface area contributed by atoms with Crippen molar-refractivity contribution < 1.29 is 0 Å². The summed E-state index contributed by atoms with van der Waals surface area (Å²) >= 11 is 3.46. The highest BCUT2D eigenvalue weighted by atomic mass is 79.9. The average molecular weight is 270 g/mol. The molecule has 0 aromatic heterocycles. The first kappa shape index (κ1) is 12.7. The van der Waals surface area contributed by atoms with Crippen LogP contribution in [0.5, 0.6) is 0 Å². The van der Waals surface area contributed by atoms with Gasteiger partial charge in [-0.15, -0.1) is 0 Å². The number of nitrogens with one attached hydrogen (secondary N) is 1. The molecule has 0 fully saturated rings. The molecule has 0 spiro atoms. The fraction of sp³-hybridized carbons (Fsp3) is 0.538. The summed E-state index contributed by atoms with van der Waals surface area (Å²) < 4.78 is 1.13. The molecule has 0 radical (unpaired) electrons. The van der Waals surface area contributed by atoms with Gasteiger partial charge in [-0.05, 0) is 36.6 Å². The maximum absolute atomic E-state index is 3.46. The second kappa shape index (κ2) is 5.13. The second-order valence-corrected chi connectivity index (χ2v) is 5.53. The van der Waals surface area contributed by atoms with Gasteiger partial charge in [-0.25, -0.2) is 0 Å². The van der Waals surface area contributed by atoms with Gasteiger partial charge >= 0.3 is 0 Å². The van der Waals surface area contributed by atoms with E-state index in [0.717, 1.165) is 10.9 Å². The summed E-state index contributed by atoms with van der Waals surface area (Å²) in [5.74, 6) is 0. The lowest BCUT2D eigenvalue weighted by Crippen LogP contribution is -2.31. The molecular weight excluding hydrogens is 250 g/mol. The van der Waals surface area contributed by atoms with Crippen molar-refractivity contribution >= 4 is 15.9 Å². The van der Waals surface area contributed by atoms with Gasteiger partial charge < -0.3 is 5.32 Å². The third-order valence-corrected chi connectivity index (χ3v) is 3.71. The topological polar surface area (TPSA) is 12.0 Å². The summed E-state index contributed by atoms with van der Waals surface area (Å²) in [4.78, 5) is 0. The molecule has 1 rings (SSSR count). The SMILES string of the molecule is CCC(C)(C)C(NC)c1ccc(Br)cc1. The van der Waals surface area contributed by atoms with Gasteiger partial charge in [-0.2, -0.15) is 0 Å². The first-order valence-corrected chi connectivity index (χ1v) is 6.23. The van der Waals surface area contributed by atoms with E-state index in [0.29, 0.717) is 6.04 Å². The summed E-state index contributed by atoms with van der Waals surface area (Å²) in [6, 6.07) is 8.98. The van der Waals surface area contributed by atoms with E-state index in [9.17, 15) is 0 Å². The quantitative estimate of drug-likeness (QED) is 0.866. The summed E-state index contributed by atoms with van der Waals surface area (Å²) in [5, 5.41) is 3.41. The van der Waals surface area contributed by atoms with Crippen LogP contribution in [0, 0.1) is 5.41 Å². The fourth-order valence-corrected chi connectivity index (χ4v) is 2.13. The van der Waals surface area contributed by atoms with Crippen LogP contribution in [0.4, 0.5) is 0 Å². The Hall–Kier alpha value is -0.340. The van der Waals surface area contributed by atoms with Crippen molar-refractivity contribution in [1.29, 1.82) is 0 Å². The number of rotatable bonds is 4. The summed E-state index contributed by atoms with van der Waals surface area (Å²) in [6.45, 7) is 6.84. The van der Waals surface area contributed by atoms with E-state index in [2.05, 4.69) is 66.3 Å². The Kier molecular flexibility index (Phi) is 4.35. The van der Waals surface area contributed by atoms with Crippen molar-refractivity contribution in [2.24, 2.45) is 5.41 Å².